The number of rotatable bonds is 5. The fourth-order valence-electron chi connectivity index (χ4n) is 3.79. The van der Waals surface area contributed by atoms with Crippen molar-refractivity contribution in [2.45, 2.75) is 19.8 Å². The van der Waals surface area contributed by atoms with Crippen LogP contribution in [0.4, 0.5) is 10.2 Å². The number of carbonyl (C=O) groups excluding carboxylic acids is 1. The van der Waals surface area contributed by atoms with E-state index in [1.165, 1.54) is 0 Å². The van der Waals surface area contributed by atoms with Gasteiger partial charge in [0.1, 0.15) is 11.6 Å². The lowest BCUT2D eigenvalue weighted by Crippen LogP contribution is -2.37. The van der Waals surface area contributed by atoms with Gasteiger partial charge in [-0.1, -0.05) is 0 Å². The van der Waals surface area contributed by atoms with Crippen LogP contribution in [0.5, 0.6) is 5.75 Å². The number of anilines is 1. The molecule has 29 heavy (non-hydrogen) atoms. The number of H-pyrrole nitrogens is 1. The van der Waals surface area contributed by atoms with E-state index in [9.17, 15) is 9.18 Å². The second-order valence-electron chi connectivity index (χ2n) is 7.16. The maximum Gasteiger partial charge on any atom is 0.309 e. The van der Waals surface area contributed by atoms with Crippen LogP contribution in [0.1, 0.15) is 19.8 Å². The SMILES string of the molecule is CCOC(=O)C1CCN(c2ccc(-c3cc4cc(OC)ccc4[nH]3)c(F)n2)CC1. The van der Waals surface area contributed by atoms with Gasteiger partial charge in [0.25, 0.3) is 0 Å². The van der Waals surface area contributed by atoms with Crippen LogP contribution in [0.3, 0.4) is 0 Å². The fourth-order valence-corrected chi connectivity index (χ4v) is 3.79. The molecule has 3 heterocycles. The number of benzene rings is 1. The molecule has 1 fully saturated rings. The molecular formula is C22H24FN3O3. The van der Waals surface area contributed by atoms with E-state index in [0.717, 1.165) is 16.7 Å². The summed E-state index contributed by atoms with van der Waals surface area (Å²) in [4.78, 5) is 21.3. The summed E-state index contributed by atoms with van der Waals surface area (Å²) in [5.74, 6) is 0.596. The van der Waals surface area contributed by atoms with Crippen LogP contribution in [0, 0.1) is 11.9 Å². The van der Waals surface area contributed by atoms with Gasteiger partial charge in [-0.3, -0.25) is 4.79 Å². The summed E-state index contributed by atoms with van der Waals surface area (Å²) in [7, 11) is 1.62. The van der Waals surface area contributed by atoms with Crippen molar-refractivity contribution in [1.29, 1.82) is 0 Å². The number of aromatic nitrogens is 2. The van der Waals surface area contributed by atoms with Crippen molar-refractivity contribution in [3.63, 3.8) is 0 Å². The summed E-state index contributed by atoms with van der Waals surface area (Å²) in [6.45, 7) is 3.52. The molecule has 0 radical (unpaired) electrons. The summed E-state index contributed by atoms with van der Waals surface area (Å²) in [6.07, 6.45) is 1.38. The van der Waals surface area contributed by atoms with E-state index < -0.39 is 5.95 Å². The monoisotopic (exact) mass is 397 g/mol. The molecule has 1 aliphatic rings. The van der Waals surface area contributed by atoms with Gasteiger partial charge in [0, 0.05) is 24.0 Å². The van der Waals surface area contributed by atoms with Gasteiger partial charge in [-0.05, 0) is 56.2 Å². The number of pyridine rings is 1. The number of methoxy groups -OCH3 is 1. The number of piperidine rings is 1. The van der Waals surface area contributed by atoms with Gasteiger partial charge < -0.3 is 19.4 Å². The fraction of sp³-hybridized carbons (Fsp3) is 0.364. The average Bonchev–Trinajstić information content (AvgIpc) is 3.16. The predicted molar refractivity (Wildman–Crippen MR) is 110 cm³/mol. The first-order chi connectivity index (χ1) is 14.1. The molecule has 0 bridgehead atoms. The molecule has 0 amide bonds. The zero-order valence-corrected chi connectivity index (χ0v) is 16.6. The van der Waals surface area contributed by atoms with Crippen molar-refractivity contribution in [2.75, 3.05) is 31.7 Å². The average molecular weight is 397 g/mol. The Hall–Kier alpha value is -3.09. The first kappa shape index (κ1) is 19.2. The van der Waals surface area contributed by atoms with Gasteiger partial charge in [-0.25, -0.2) is 4.98 Å². The van der Waals surface area contributed by atoms with Crippen LogP contribution in [0.15, 0.2) is 36.4 Å². The highest BCUT2D eigenvalue weighted by Gasteiger charge is 2.27. The number of nitrogens with one attached hydrogen (secondary N) is 1. The van der Waals surface area contributed by atoms with E-state index in [1.807, 2.05) is 42.2 Å². The van der Waals surface area contributed by atoms with Gasteiger partial charge in [0.05, 0.1) is 30.9 Å². The van der Waals surface area contributed by atoms with Crippen molar-refractivity contribution < 1.29 is 18.7 Å². The Kier molecular flexibility index (Phi) is 5.38. The highest BCUT2D eigenvalue weighted by molar-refractivity contribution is 5.87. The summed E-state index contributed by atoms with van der Waals surface area (Å²) >= 11 is 0. The predicted octanol–water partition coefficient (Wildman–Crippen LogP) is 4.16. The number of fused-ring (bicyclic) bond motifs is 1. The molecule has 0 saturated carbocycles. The Morgan fingerprint density at radius 1 is 1.24 bits per heavy atom. The van der Waals surface area contributed by atoms with Crippen LogP contribution in [0.25, 0.3) is 22.2 Å². The minimum atomic E-state index is -0.520. The number of aromatic amines is 1. The van der Waals surface area contributed by atoms with Crippen LogP contribution in [-0.4, -0.2) is 42.7 Å². The van der Waals surface area contributed by atoms with Crippen LogP contribution in [-0.2, 0) is 9.53 Å². The molecule has 152 valence electrons. The Labute approximate surface area is 168 Å². The van der Waals surface area contributed by atoms with Gasteiger partial charge in [0.2, 0.25) is 5.95 Å². The zero-order valence-electron chi connectivity index (χ0n) is 16.6. The highest BCUT2D eigenvalue weighted by Crippen LogP contribution is 2.30. The lowest BCUT2D eigenvalue weighted by molar-refractivity contribution is -0.148. The summed E-state index contributed by atoms with van der Waals surface area (Å²) in [5, 5.41) is 0.948. The zero-order chi connectivity index (χ0) is 20.4. The number of halogens is 1. The standard InChI is InChI=1S/C22H24FN3O3/c1-3-29-22(27)14-8-10-26(11-9-14)20-7-5-17(21(23)25-20)19-13-15-12-16(28-2)4-6-18(15)24-19/h4-7,12-14,24H,3,8-11H2,1-2H3. The second kappa shape index (κ2) is 8.11. The number of carbonyl (C=O) groups is 1. The molecule has 1 saturated heterocycles. The Morgan fingerprint density at radius 2 is 2.03 bits per heavy atom. The van der Waals surface area contributed by atoms with Crippen molar-refractivity contribution in [2.24, 2.45) is 5.92 Å². The molecule has 6 nitrogen and oxygen atoms in total. The Morgan fingerprint density at radius 3 is 2.72 bits per heavy atom. The largest absolute Gasteiger partial charge is 0.497 e. The van der Waals surface area contributed by atoms with Gasteiger partial charge in [-0.15, -0.1) is 0 Å². The molecule has 1 N–H and O–H groups in total. The van der Waals surface area contributed by atoms with E-state index in [-0.39, 0.29) is 11.9 Å². The number of ether oxygens (including phenoxy) is 2. The quantitative estimate of drug-likeness (QED) is 0.517. The third-order valence-electron chi connectivity index (χ3n) is 5.39. The van der Waals surface area contributed by atoms with Gasteiger partial charge >= 0.3 is 5.97 Å². The molecular weight excluding hydrogens is 373 g/mol. The van der Waals surface area contributed by atoms with Gasteiger partial charge in [-0.2, -0.15) is 4.39 Å². The third-order valence-corrected chi connectivity index (χ3v) is 5.39. The molecule has 4 rings (SSSR count). The van der Waals surface area contributed by atoms with E-state index in [2.05, 4.69) is 9.97 Å². The van der Waals surface area contributed by atoms with Crippen molar-refractivity contribution in [3.05, 3.63) is 42.3 Å². The Bertz CT molecular complexity index is 1030. The number of hydrogen-bond acceptors (Lipinski definition) is 5. The van der Waals surface area contributed by atoms with Crippen LogP contribution < -0.4 is 9.64 Å². The number of nitrogens with zero attached hydrogens (tertiary/aromatic N) is 2. The minimum Gasteiger partial charge on any atom is -0.497 e. The molecule has 0 unspecified atom stereocenters. The minimum absolute atomic E-state index is 0.0846. The molecule has 7 heteroatoms. The first-order valence-electron chi connectivity index (χ1n) is 9.84. The summed E-state index contributed by atoms with van der Waals surface area (Å²) in [5.41, 5.74) is 2.00. The van der Waals surface area contributed by atoms with E-state index in [4.69, 9.17) is 9.47 Å². The highest BCUT2D eigenvalue weighted by atomic mass is 19.1. The Balaban J connectivity index is 1.51. The number of hydrogen-bond donors (Lipinski definition) is 1. The van der Waals surface area contributed by atoms with Gasteiger partial charge in [0.15, 0.2) is 0 Å². The van der Waals surface area contributed by atoms with E-state index in [1.54, 1.807) is 13.2 Å². The smallest absolute Gasteiger partial charge is 0.309 e. The molecule has 2 aromatic heterocycles. The summed E-state index contributed by atoms with van der Waals surface area (Å²) in [6, 6.07) is 11.1. The van der Waals surface area contributed by atoms with Crippen LogP contribution >= 0.6 is 0 Å². The normalized spacial score (nSPS) is 14.9. The maximum absolute atomic E-state index is 14.8. The summed E-state index contributed by atoms with van der Waals surface area (Å²) < 4.78 is 25.2. The molecule has 0 aliphatic carbocycles. The van der Waals surface area contributed by atoms with E-state index >= 15 is 0 Å². The van der Waals surface area contributed by atoms with E-state index in [0.29, 0.717) is 49.6 Å². The molecule has 1 aliphatic heterocycles. The lowest BCUT2D eigenvalue weighted by Gasteiger charge is -2.31. The molecule has 3 aromatic rings. The first-order valence-corrected chi connectivity index (χ1v) is 9.84. The second-order valence-corrected chi connectivity index (χ2v) is 7.16. The van der Waals surface area contributed by atoms with Crippen molar-refractivity contribution in [1.82, 2.24) is 9.97 Å². The molecule has 1 aromatic carbocycles. The third kappa shape index (κ3) is 3.90. The lowest BCUT2D eigenvalue weighted by atomic mass is 9.97. The van der Waals surface area contributed by atoms with Crippen LogP contribution in [0.2, 0.25) is 0 Å². The molecule has 0 spiro atoms. The van der Waals surface area contributed by atoms with Crippen molar-refractivity contribution in [3.8, 4) is 17.0 Å². The topological polar surface area (TPSA) is 67.4 Å². The van der Waals surface area contributed by atoms with Crippen molar-refractivity contribution >= 4 is 22.7 Å². The molecule has 0 atom stereocenters. The number of esters is 1. The maximum atomic E-state index is 14.8.